The van der Waals surface area contributed by atoms with Crippen molar-refractivity contribution < 1.29 is 9.53 Å². The average Bonchev–Trinajstić information content (AvgIpc) is 2.30. The molecule has 6 heteroatoms. The molecule has 1 aromatic carbocycles. The number of nitrogens with one attached hydrogen (secondary N) is 2. The van der Waals surface area contributed by atoms with Crippen molar-refractivity contribution in [2.24, 2.45) is 0 Å². The van der Waals surface area contributed by atoms with Crippen LogP contribution >= 0.6 is 0 Å². The summed E-state index contributed by atoms with van der Waals surface area (Å²) < 4.78 is 5.26. The van der Waals surface area contributed by atoms with Gasteiger partial charge in [-0.25, -0.2) is 4.79 Å². The summed E-state index contributed by atoms with van der Waals surface area (Å²) in [6.07, 6.45) is 0.326. The molecule has 2 rings (SSSR count). The summed E-state index contributed by atoms with van der Waals surface area (Å²) in [6.45, 7) is 0. The second-order valence-electron chi connectivity index (χ2n) is 3.18. The highest BCUT2D eigenvalue weighted by molar-refractivity contribution is 5.77. The van der Waals surface area contributed by atoms with Crippen molar-refractivity contribution in [2.45, 2.75) is 0 Å². The second-order valence-corrected chi connectivity index (χ2v) is 3.18. The number of benzene rings is 1. The minimum atomic E-state index is -0.783. The Hall–Kier alpha value is -2.63. The van der Waals surface area contributed by atoms with Crippen LogP contribution in [0.2, 0.25) is 0 Å². The summed E-state index contributed by atoms with van der Waals surface area (Å²) in [4.78, 5) is 37.3. The van der Waals surface area contributed by atoms with Gasteiger partial charge in [0, 0.05) is 0 Å². The summed E-state index contributed by atoms with van der Waals surface area (Å²) in [6, 6.07) is 8.50. The topological polar surface area (TPSA) is 92.0 Å². The number of ether oxygens (including phenoxy) is 1. The molecular weight excluding hydrogens is 224 g/mol. The number of carbonyl (C=O) groups is 1. The van der Waals surface area contributed by atoms with E-state index < -0.39 is 11.2 Å². The molecule has 0 unspecified atom stereocenters. The molecule has 0 radical (unpaired) electrons. The molecule has 1 aromatic heterocycles. The number of aromatic amines is 2. The van der Waals surface area contributed by atoms with Crippen LogP contribution in [0, 0.1) is 0 Å². The highest BCUT2D eigenvalue weighted by Gasteiger charge is 2.10. The number of para-hydroxylation sites is 1. The lowest BCUT2D eigenvalue weighted by molar-refractivity contribution is 0.111. The van der Waals surface area contributed by atoms with Gasteiger partial charge in [-0.3, -0.25) is 19.6 Å². The maximum atomic E-state index is 11.3. The van der Waals surface area contributed by atoms with Crippen molar-refractivity contribution in [2.75, 3.05) is 0 Å². The molecule has 0 spiro atoms. The van der Waals surface area contributed by atoms with Gasteiger partial charge in [0.25, 0.3) is 5.56 Å². The summed E-state index contributed by atoms with van der Waals surface area (Å²) in [5.74, 6) is 0.247. The zero-order valence-corrected chi connectivity index (χ0v) is 8.60. The Morgan fingerprint density at radius 3 is 2.41 bits per heavy atom. The third-order valence-electron chi connectivity index (χ3n) is 2.02. The van der Waals surface area contributed by atoms with Crippen LogP contribution in [0.5, 0.6) is 11.6 Å². The van der Waals surface area contributed by atoms with Crippen LogP contribution in [-0.4, -0.2) is 16.3 Å². The molecule has 0 amide bonds. The van der Waals surface area contributed by atoms with E-state index in [0.717, 1.165) is 0 Å². The Bertz CT molecular complexity index is 643. The van der Waals surface area contributed by atoms with E-state index in [-0.39, 0.29) is 11.4 Å². The Morgan fingerprint density at radius 2 is 1.76 bits per heavy atom. The lowest BCUT2D eigenvalue weighted by atomic mass is 10.3. The maximum Gasteiger partial charge on any atom is 0.328 e. The molecule has 2 N–H and O–H groups in total. The van der Waals surface area contributed by atoms with E-state index in [2.05, 4.69) is 4.98 Å². The maximum absolute atomic E-state index is 11.3. The van der Waals surface area contributed by atoms with E-state index in [1.165, 1.54) is 0 Å². The Morgan fingerprint density at radius 1 is 1.06 bits per heavy atom. The van der Waals surface area contributed by atoms with Gasteiger partial charge < -0.3 is 4.74 Å². The van der Waals surface area contributed by atoms with Crippen molar-refractivity contribution >= 4 is 6.29 Å². The third kappa shape index (κ3) is 2.31. The van der Waals surface area contributed by atoms with Gasteiger partial charge >= 0.3 is 5.69 Å². The molecule has 6 nitrogen and oxygen atoms in total. The van der Waals surface area contributed by atoms with Gasteiger partial charge in [0.1, 0.15) is 11.3 Å². The van der Waals surface area contributed by atoms with Gasteiger partial charge in [0.15, 0.2) is 6.29 Å². The lowest BCUT2D eigenvalue weighted by Gasteiger charge is -2.05. The van der Waals surface area contributed by atoms with Gasteiger partial charge in [-0.2, -0.15) is 0 Å². The highest BCUT2D eigenvalue weighted by Crippen LogP contribution is 2.18. The predicted molar refractivity (Wildman–Crippen MR) is 59.6 cm³/mol. The van der Waals surface area contributed by atoms with Crippen molar-refractivity contribution in [1.82, 2.24) is 9.97 Å². The predicted octanol–water partition coefficient (Wildman–Crippen LogP) is 0.668. The average molecular weight is 232 g/mol. The number of rotatable bonds is 3. The smallest absolute Gasteiger partial charge is 0.328 e. The first-order valence-corrected chi connectivity index (χ1v) is 4.75. The van der Waals surface area contributed by atoms with Crippen LogP contribution in [-0.2, 0) is 0 Å². The first kappa shape index (κ1) is 10.9. The number of carbonyl (C=O) groups excluding carboxylic acids is 1. The quantitative estimate of drug-likeness (QED) is 0.760. The molecule has 0 fully saturated rings. The Labute approximate surface area is 94.9 Å². The normalized spacial score (nSPS) is 9.88. The zero-order chi connectivity index (χ0) is 12.3. The van der Waals surface area contributed by atoms with Gasteiger partial charge in [0.2, 0.25) is 5.88 Å². The number of aromatic nitrogens is 2. The number of hydrogen-bond donors (Lipinski definition) is 2. The summed E-state index contributed by atoms with van der Waals surface area (Å²) in [5, 5.41) is 0. The fourth-order valence-corrected chi connectivity index (χ4v) is 1.27. The number of hydrogen-bond acceptors (Lipinski definition) is 4. The first-order chi connectivity index (χ1) is 8.20. The second kappa shape index (κ2) is 4.48. The SMILES string of the molecule is O=Cc1c(Oc2ccccc2)[nH]c(=O)[nH]c1=O. The van der Waals surface area contributed by atoms with E-state index in [4.69, 9.17) is 4.74 Å². The van der Waals surface area contributed by atoms with Gasteiger partial charge in [0.05, 0.1) is 0 Å². The van der Waals surface area contributed by atoms with Crippen LogP contribution in [0.4, 0.5) is 0 Å². The van der Waals surface area contributed by atoms with Crippen LogP contribution in [0.3, 0.4) is 0 Å². The van der Waals surface area contributed by atoms with Crippen LogP contribution in [0.15, 0.2) is 39.9 Å². The molecule has 0 atom stereocenters. The summed E-state index contributed by atoms with van der Waals surface area (Å²) in [7, 11) is 0. The molecule has 0 aliphatic carbocycles. The molecule has 0 saturated carbocycles. The van der Waals surface area contributed by atoms with Gasteiger partial charge in [-0.15, -0.1) is 0 Å². The fraction of sp³-hybridized carbons (Fsp3) is 0. The van der Waals surface area contributed by atoms with Crippen LogP contribution in [0.1, 0.15) is 10.4 Å². The molecule has 1 heterocycles. The van der Waals surface area contributed by atoms with E-state index in [0.29, 0.717) is 12.0 Å². The van der Waals surface area contributed by atoms with Crippen LogP contribution in [0.25, 0.3) is 0 Å². The standard InChI is InChI=1S/C11H8N2O4/c14-6-8-9(15)12-11(16)13-10(8)17-7-4-2-1-3-5-7/h1-6H,(H2,12,13,15,16). The Balaban J connectivity index is 2.49. The minimum Gasteiger partial charge on any atom is -0.440 e. The Kier molecular flexibility index (Phi) is 2.87. The van der Waals surface area contributed by atoms with Crippen molar-refractivity contribution in [3.8, 4) is 11.6 Å². The largest absolute Gasteiger partial charge is 0.440 e. The molecule has 86 valence electrons. The first-order valence-electron chi connectivity index (χ1n) is 4.75. The number of aldehydes is 1. The molecule has 0 saturated heterocycles. The van der Waals surface area contributed by atoms with Gasteiger partial charge in [-0.1, -0.05) is 18.2 Å². The fourth-order valence-electron chi connectivity index (χ4n) is 1.27. The van der Waals surface area contributed by atoms with Crippen molar-refractivity contribution in [3.63, 3.8) is 0 Å². The van der Waals surface area contributed by atoms with E-state index in [1.807, 2.05) is 4.98 Å². The van der Waals surface area contributed by atoms with Gasteiger partial charge in [-0.05, 0) is 12.1 Å². The molecule has 0 aliphatic heterocycles. The molecule has 17 heavy (non-hydrogen) atoms. The van der Waals surface area contributed by atoms with E-state index in [1.54, 1.807) is 30.3 Å². The summed E-state index contributed by atoms with van der Waals surface area (Å²) >= 11 is 0. The molecule has 2 aromatic rings. The molecule has 0 aliphatic rings. The number of H-pyrrole nitrogens is 2. The van der Waals surface area contributed by atoms with Crippen molar-refractivity contribution in [3.05, 3.63) is 56.7 Å². The molecule has 0 bridgehead atoms. The zero-order valence-electron chi connectivity index (χ0n) is 8.60. The van der Waals surface area contributed by atoms with E-state index in [9.17, 15) is 14.4 Å². The summed E-state index contributed by atoms with van der Waals surface area (Å²) in [5.41, 5.74) is -1.77. The highest BCUT2D eigenvalue weighted by atomic mass is 16.5. The van der Waals surface area contributed by atoms with Crippen LogP contribution < -0.4 is 16.0 Å². The lowest BCUT2D eigenvalue weighted by Crippen LogP contribution is -2.25. The third-order valence-corrected chi connectivity index (χ3v) is 2.02. The monoisotopic (exact) mass is 232 g/mol. The molecular formula is C11H8N2O4. The minimum absolute atomic E-state index is 0.167. The van der Waals surface area contributed by atoms with Crippen molar-refractivity contribution in [1.29, 1.82) is 0 Å². The van der Waals surface area contributed by atoms with E-state index >= 15 is 0 Å².